The quantitative estimate of drug-likeness (QED) is 0.711. The average molecular weight is 345 g/mol. The van der Waals surface area contributed by atoms with Crippen LogP contribution in [-0.2, 0) is 5.41 Å². The zero-order valence-electron chi connectivity index (χ0n) is 15.3. The molecule has 0 saturated carbocycles. The first kappa shape index (κ1) is 17.7. The first-order valence-electron chi connectivity index (χ1n) is 8.56. The van der Waals surface area contributed by atoms with Gasteiger partial charge in [0.2, 0.25) is 0 Å². The molecule has 3 aromatic rings. The number of carbonyl (C=O) groups excluding carboxylic acids is 1. The smallest absolute Gasteiger partial charge is 0.255 e. The summed E-state index contributed by atoms with van der Waals surface area (Å²) in [6, 6.07) is 17.2. The minimum absolute atomic E-state index is 0.0904. The van der Waals surface area contributed by atoms with Gasteiger partial charge < -0.3 is 11.1 Å². The Morgan fingerprint density at radius 1 is 0.962 bits per heavy atom. The summed E-state index contributed by atoms with van der Waals surface area (Å²) in [5.74, 6) is -0.136. The first-order chi connectivity index (χ1) is 12.3. The second kappa shape index (κ2) is 7.00. The van der Waals surface area contributed by atoms with Crippen molar-refractivity contribution >= 4 is 17.3 Å². The van der Waals surface area contributed by atoms with Gasteiger partial charge in [-0.15, -0.1) is 0 Å². The van der Waals surface area contributed by atoms with Crippen molar-refractivity contribution in [2.45, 2.75) is 26.2 Å². The number of nitrogen functional groups attached to an aromatic ring is 1. The summed E-state index contributed by atoms with van der Waals surface area (Å²) >= 11 is 0. The third-order valence-electron chi connectivity index (χ3n) is 4.32. The van der Waals surface area contributed by atoms with Gasteiger partial charge in [0.25, 0.3) is 5.91 Å². The van der Waals surface area contributed by atoms with Gasteiger partial charge in [-0.2, -0.15) is 0 Å². The van der Waals surface area contributed by atoms with E-state index in [-0.39, 0.29) is 11.3 Å². The zero-order valence-corrected chi connectivity index (χ0v) is 15.3. The SMILES string of the molecule is CC(C)(C)c1ccc(NC(=O)c2ccc(-c3ccncc3N)cc2)cc1. The van der Waals surface area contributed by atoms with Crippen LogP contribution in [0.25, 0.3) is 11.1 Å². The molecule has 2 aromatic carbocycles. The fourth-order valence-electron chi connectivity index (χ4n) is 2.73. The minimum Gasteiger partial charge on any atom is -0.397 e. The Morgan fingerprint density at radius 3 is 2.19 bits per heavy atom. The second-order valence-corrected chi connectivity index (χ2v) is 7.32. The number of aromatic nitrogens is 1. The standard InChI is InChI=1S/C22H23N3O/c1-22(2,3)17-8-10-18(11-9-17)25-21(26)16-6-4-15(5-7-16)19-12-13-24-14-20(19)23/h4-14H,23H2,1-3H3,(H,25,26). The van der Waals surface area contributed by atoms with Crippen LogP contribution in [0.2, 0.25) is 0 Å². The predicted molar refractivity (Wildman–Crippen MR) is 107 cm³/mol. The van der Waals surface area contributed by atoms with Gasteiger partial charge in [0, 0.05) is 23.0 Å². The molecule has 1 amide bonds. The van der Waals surface area contributed by atoms with Crippen molar-refractivity contribution < 1.29 is 4.79 Å². The summed E-state index contributed by atoms with van der Waals surface area (Å²) in [5.41, 5.74) is 11.1. The van der Waals surface area contributed by atoms with E-state index in [2.05, 4.69) is 31.1 Å². The fraction of sp³-hybridized carbons (Fsp3) is 0.182. The van der Waals surface area contributed by atoms with Crippen molar-refractivity contribution in [3.8, 4) is 11.1 Å². The Balaban J connectivity index is 1.73. The summed E-state index contributed by atoms with van der Waals surface area (Å²) in [5, 5.41) is 2.93. The van der Waals surface area contributed by atoms with Crippen LogP contribution in [0.5, 0.6) is 0 Å². The lowest BCUT2D eigenvalue weighted by Crippen LogP contribution is -2.13. The van der Waals surface area contributed by atoms with E-state index in [0.29, 0.717) is 11.3 Å². The van der Waals surface area contributed by atoms with E-state index < -0.39 is 0 Å². The van der Waals surface area contributed by atoms with E-state index in [0.717, 1.165) is 16.8 Å². The molecule has 1 heterocycles. The summed E-state index contributed by atoms with van der Waals surface area (Å²) < 4.78 is 0. The number of nitrogens with two attached hydrogens (primary N) is 1. The lowest BCUT2D eigenvalue weighted by atomic mass is 9.87. The number of rotatable bonds is 3. The van der Waals surface area contributed by atoms with Crippen LogP contribution in [0.4, 0.5) is 11.4 Å². The molecule has 0 aliphatic carbocycles. The fourth-order valence-corrected chi connectivity index (χ4v) is 2.73. The molecule has 0 saturated heterocycles. The van der Waals surface area contributed by atoms with Crippen LogP contribution in [0.3, 0.4) is 0 Å². The van der Waals surface area contributed by atoms with Crippen molar-refractivity contribution in [1.29, 1.82) is 0 Å². The molecule has 0 bridgehead atoms. The molecule has 1 aromatic heterocycles. The van der Waals surface area contributed by atoms with Gasteiger partial charge in [0.15, 0.2) is 0 Å². The molecular weight excluding hydrogens is 322 g/mol. The van der Waals surface area contributed by atoms with Gasteiger partial charge in [0.1, 0.15) is 0 Å². The molecule has 0 atom stereocenters. The van der Waals surface area contributed by atoms with E-state index in [1.807, 2.05) is 42.5 Å². The van der Waals surface area contributed by atoms with Crippen molar-refractivity contribution in [1.82, 2.24) is 4.98 Å². The summed E-state index contributed by atoms with van der Waals surface area (Å²) in [6.07, 6.45) is 3.32. The normalized spacial score (nSPS) is 11.2. The molecule has 0 fully saturated rings. The van der Waals surface area contributed by atoms with Gasteiger partial charge in [-0.25, -0.2) is 0 Å². The third-order valence-corrected chi connectivity index (χ3v) is 4.32. The maximum atomic E-state index is 12.5. The Morgan fingerprint density at radius 2 is 1.62 bits per heavy atom. The molecular formula is C22H23N3O. The molecule has 3 rings (SSSR count). The molecule has 0 unspecified atom stereocenters. The van der Waals surface area contributed by atoms with E-state index >= 15 is 0 Å². The third kappa shape index (κ3) is 3.91. The number of benzene rings is 2. The molecule has 0 aliphatic heterocycles. The highest BCUT2D eigenvalue weighted by molar-refractivity contribution is 6.04. The van der Waals surface area contributed by atoms with Crippen LogP contribution in [0.15, 0.2) is 67.0 Å². The predicted octanol–water partition coefficient (Wildman–Crippen LogP) is 4.88. The minimum atomic E-state index is -0.136. The Kier molecular flexibility index (Phi) is 4.76. The molecule has 4 heteroatoms. The highest BCUT2D eigenvalue weighted by atomic mass is 16.1. The number of carbonyl (C=O) groups is 1. The van der Waals surface area contributed by atoms with Gasteiger partial charge in [-0.1, -0.05) is 45.0 Å². The number of nitrogens with one attached hydrogen (secondary N) is 1. The molecule has 0 aliphatic rings. The van der Waals surface area contributed by atoms with Crippen LogP contribution in [-0.4, -0.2) is 10.9 Å². The largest absolute Gasteiger partial charge is 0.397 e. The number of amides is 1. The average Bonchev–Trinajstić information content (AvgIpc) is 2.62. The van der Waals surface area contributed by atoms with Crippen molar-refractivity contribution in [3.05, 3.63) is 78.1 Å². The van der Waals surface area contributed by atoms with Gasteiger partial charge in [0.05, 0.1) is 11.9 Å². The van der Waals surface area contributed by atoms with Crippen molar-refractivity contribution in [2.75, 3.05) is 11.1 Å². The number of nitrogens with zero attached hydrogens (tertiary/aromatic N) is 1. The summed E-state index contributed by atoms with van der Waals surface area (Å²) in [4.78, 5) is 16.5. The zero-order chi connectivity index (χ0) is 18.7. The number of hydrogen-bond acceptors (Lipinski definition) is 3. The molecule has 132 valence electrons. The van der Waals surface area contributed by atoms with Crippen molar-refractivity contribution in [3.63, 3.8) is 0 Å². The van der Waals surface area contributed by atoms with Gasteiger partial charge in [-0.3, -0.25) is 9.78 Å². The molecule has 0 radical (unpaired) electrons. The van der Waals surface area contributed by atoms with Crippen LogP contribution in [0.1, 0.15) is 36.7 Å². The number of pyridine rings is 1. The number of hydrogen-bond donors (Lipinski definition) is 2. The van der Waals surface area contributed by atoms with Crippen LogP contribution < -0.4 is 11.1 Å². The van der Waals surface area contributed by atoms with Crippen LogP contribution >= 0.6 is 0 Å². The summed E-state index contributed by atoms with van der Waals surface area (Å²) in [7, 11) is 0. The maximum Gasteiger partial charge on any atom is 0.255 e. The Labute approximate surface area is 154 Å². The maximum absolute atomic E-state index is 12.5. The number of anilines is 2. The van der Waals surface area contributed by atoms with Gasteiger partial charge in [-0.05, 0) is 46.9 Å². The second-order valence-electron chi connectivity index (χ2n) is 7.32. The van der Waals surface area contributed by atoms with Gasteiger partial charge >= 0.3 is 0 Å². The van der Waals surface area contributed by atoms with Crippen LogP contribution in [0, 0.1) is 0 Å². The topological polar surface area (TPSA) is 68.0 Å². The highest BCUT2D eigenvalue weighted by Gasteiger charge is 2.13. The molecule has 4 nitrogen and oxygen atoms in total. The Bertz CT molecular complexity index is 907. The van der Waals surface area contributed by atoms with E-state index in [1.54, 1.807) is 24.5 Å². The lowest BCUT2D eigenvalue weighted by molar-refractivity contribution is 0.102. The molecule has 3 N–H and O–H groups in total. The summed E-state index contributed by atoms with van der Waals surface area (Å²) in [6.45, 7) is 6.49. The monoisotopic (exact) mass is 345 g/mol. The molecule has 0 spiro atoms. The van der Waals surface area contributed by atoms with Crippen molar-refractivity contribution in [2.24, 2.45) is 0 Å². The molecule has 26 heavy (non-hydrogen) atoms. The first-order valence-corrected chi connectivity index (χ1v) is 8.56. The van der Waals surface area contributed by atoms with E-state index in [9.17, 15) is 4.79 Å². The Hall–Kier alpha value is -3.14. The lowest BCUT2D eigenvalue weighted by Gasteiger charge is -2.19. The van der Waals surface area contributed by atoms with E-state index in [4.69, 9.17) is 5.73 Å². The highest BCUT2D eigenvalue weighted by Crippen LogP contribution is 2.26. The van der Waals surface area contributed by atoms with E-state index in [1.165, 1.54) is 5.56 Å².